The molecule has 0 atom stereocenters. The molecule has 0 bridgehead atoms. The van der Waals surface area contributed by atoms with Crippen molar-refractivity contribution >= 4 is 23.2 Å². The van der Waals surface area contributed by atoms with Crippen LogP contribution in [-0.4, -0.2) is 54.5 Å². The number of hydrogen-bond acceptors (Lipinski definition) is 7. The van der Waals surface area contributed by atoms with Gasteiger partial charge in [-0.15, -0.1) is 0 Å². The first-order chi connectivity index (χ1) is 18.5. The average molecular weight is 513 g/mol. The highest BCUT2D eigenvalue weighted by Crippen LogP contribution is 2.30. The topological polar surface area (TPSA) is 131 Å². The summed E-state index contributed by atoms with van der Waals surface area (Å²) < 4.78 is 1.94. The van der Waals surface area contributed by atoms with Crippen LogP contribution in [0, 0.1) is 0 Å². The minimum absolute atomic E-state index is 0.251. The summed E-state index contributed by atoms with van der Waals surface area (Å²) in [7, 11) is 2.06. The summed E-state index contributed by atoms with van der Waals surface area (Å²) in [5, 5.41) is 27.6. The summed E-state index contributed by atoms with van der Waals surface area (Å²) in [6, 6.07) is 16.6. The van der Waals surface area contributed by atoms with E-state index in [1.54, 1.807) is 29.2 Å². The number of fused-ring (bicyclic) bond motifs is 2. The number of hydrogen-bond donors (Lipinski definition) is 4. The van der Waals surface area contributed by atoms with E-state index in [4.69, 9.17) is 0 Å². The minimum Gasteiger partial charge on any atom is -0.392 e. The Morgan fingerprint density at radius 2 is 1.82 bits per heavy atom. The number of benzene rings is 2. The van der Waals surface area contributed by atoms with Crippen molar-refractivity contribution in [3.8, 4) is 11.3 Å². The number of likely N-dealkylation sites (N-methyl/N-ethyl adjacent to an activating group) is 1. The van der Waals surface area contributed by atoms with Gasteiger partial charge in [0.05, 0.1) is 24.5 Å². The number of aliphatic hydroxyl groups is 1. The van der Waals surface area contributed by atoms with Gasteiger partial charge in [0.25, 0.3) is 5.56 Å². The second-order valence-corrected chi connectivity index (χ2v) is 9.65. The van der Waals surface area contributed by atoms with Crippen LogP contribution in [-0.2, 0) is 32.8 Å². The molecule has 11 nitrogen and oxygen atoms in total. The molecule has 4 heterocycles. The van der Waals surface area contributed by atoms with Crippen LogP contribution in [0.2, 0.25) is 0 Å². The van der Waals surface area contributed by atoms with Crippen molar-refractivity contribution in [1.82, 2.24) is 29.8 Å². The van der Waals surface area contributed by atoms with Crippen LogP contribution >= 0.6 is 0 Å². The lowest BCUT2D eigenvalue weighted by molar-refractivity contribution is 0.212. The third kappa shape index (κ3) is 4.53. The number of nitrogens with zero attached hydrogens (tertiary/aromatic N) is 5. The quantitative estimate of drug-likeness (QED) is 0.323. The number of carbonyl (C=O) groups excluding carboxylic acids is 1. The Bertz CT molecular complexity index is 1550. The SMILES string of the molecule is CN1CCn2nc(Nc3cc(-c4cccc(NC(=O)N5Cc6ccccc6C5)c4CO)n[nH]c3=O)cc2C1. The third-order valence-corrected chi connectivity index (χ3v) is 7.03. The van der Waals surface area contributed by atoms with E-state index in [0.29, 0.717) is 41.4 Å². The summed E-state index contributed by atoms with van der Waals surface area (Å²) >= 11 is 0. The molecule has 2 aromatic carbocycles. The molecule has 0 saturated carbocycles. The summed E-state index contributed by atoms with van der Waals surface area (Å²) in [4.78, 5) is 29.6. The van der Waals surface area contributed by atoms with Gasteiger partial charge in [0, 0.05) is 49.1 Å². The zero-order chi connectivity index (χ0) is 26.2. The molecule has 4 aromatic rings. The fourth-order valence-corrected chi connectivity index (χ4v) is 5.02. The number of rotatable bonds is 5. The van der Waals surface area contributed by atoms with Crippen LogP contribution < -0.4 is 16.2 Å². The molecular weight excluding hydrogens is 484 g/mol. The number of urea groups is 1. The van der Waals surface area contributed by atoms with Gasteiger partial charge < -0.3 is 20.6 Å². The van der Waals surface area contributed by atoms with E-state index >= 15 is 0 Å². The second kappa shape index (κ2) is 9.77. The Labute approximate surface area is 218 Å². The van der Waals surface area contributed by atoms with Crippen LogP contribution in [0.5, 0.6) is 0 Å². The van der Waals surface area contributed by atoms with Crippen LogP contribution in [0.3, 0.4) is 0 Å². The van der Waals surface area contributed by atoms with E-state index in [1.165, 1.54) is 0 Å². The van der Waals surface area contributed by atoms with Crippen LogP contribution in [0.1, 0.15) is 22.4 Å². The van der Waals surface area contributed by atoms with Gasteiger partial charge in [-0.25, -0.2) is 9.89 Å². The monoisotopic (exact) mass is 512 g/mol. The highest BCUT2D eigenvalue weighted by atomic mass is 16.3. The van der Waals surface area contributed by atoms with E-state index in [1.807, 2.05) is 35.0 Å². The zero-order valence-corrected chi connectivity index (χ0v) is 20.9. The first kappa shape index (κ1) is 23.9. The molecule has 0 unspecified atom stereocenters. The molecule has 4 N–H and O–H groups in total. The molecule has 11 heteroatoms. The highest BCUT2D eigenvalue weighted by molar-refractivity contribution is 5.92. The van der Waals surface area contributed by atoms with Gasteiger partial charge in [-0.2, -0.15) is 10.2 Å². The summed E-state index contributed by atoms with van der Waals surface area (Å²) in [6.07, 6.45) is 0. The Morgan fingerprint density at radius 3 is 2.58 bits per heavy atom. The van der Waals surface area contributed by atoms with Gasteiger partial charge in [-0.05, 0) is 30.3 Å². The van der Waals surface area contributed by atoms with Crippen molar-refractivity contribution in [3.63, 3.8) is 0 Å². The van der Waals surface area contributed by atoms with Crippen molar-refractivity contribution in [2.24, 2.45) is 0 Å². The predicted octanol–water partition coefficient (Wildman–Crippen LogP) is 2.86. The number of H-pyrrole nitrogens is 1. The molecule has 38 heavy (non-hydrogen) atoms. The fraction of sp³-hybridized carbons (Fsp3) is 0.259. The van der Waals surface area contributed by atoms with Gasteiger partial charge >= 0.3 is 6.03 Å². The van der Waals surface area contributed by atoms with Crippen molar-refractivity contribution in [3.05, 3.63) is 87.3 Å². The van der Waals surface area contributed by atoms with E-state index in [0.717, 1.165) is 36.5 Å². The zero-order valence-electron chi connectivity index (χ0n) is 20.9. The Hall–Kier alpha value is -4.48. The van der Waals surface area contributed by atoms with Crippen molar-refractivity contribution in [1.29, 1.82) is 0 Å². The van der Waals surface area contributed by atoms with Crippen molar-refractivity contribution in [2.75, 3.05) is 24.2 Å². The average Bonchev–Trinajstić information content (AvgIpc) is 3.53. The lowest BCUT2D eigenvalue weighted by Gasteiger charge is -2.22. The van der Waals surface area contributed by atoms with Crippen LogP contribution in [0.25, 0.3) is 11.3 Å². The maximum atomic E-state index is 13.1. The minimum atomic E-state index is -0.388. The normalized spacial score (nSPS) is 14.7. The second-order valence-electron chi connectivity index (χ2n) is 9.65. The Kier molecular flexibility index (Phi) is 6.14. The molecule has 0 saturated heterocycles. The number of anilines is 3. The standard InChI is InChI=1S/C27H28N8O3/c1-33-9-10-35-19(15-33)11-25(32-35)28-24-12-23(30-31-26(24)37)20-7-4-8-22(21(20)16-36)29-27(38)34-13-17-5-2-3-6-18(17)14-34/h2-8,11-12,36H,9-10,13-16H2,1H3,(H,29,38)(H,31,37)(H,28,30,32). The largest absolute Gasteiger partial charge is 0.392 e. The number of aliphatic hydroxyl groups excluding tert-OH is 1. The van der Waals surface area contributed by atoms with Gasteiger partial charge in [0.2, 0.25) is 0 Å². The number of aromatic amines is 1. The lowest BCUT2D eigenvalue weighted by atomic mass is 10.0. The first-order valence-electron chi connectivity index (χ1n) is 12.5. The van der Waals surface area contributed by atoms with Gasteiger partial charge in [-0.1, -0.05) is 36.4 Å². The van der Waals surface area contributed by atoms with Crippen LogP contribution in [0.15, 0.2) is 59.4 Å². The summed E-state index contributed by atoms with van der Waals surface area (Å²) in [6.45, 7) is 3.22. The molecule has 194 valence electrons. The van der Waals surface area contributed by atoms with E-state index < -0.39 is 0 Å². The maximum Gasteiger partial charge on any atom is 0.322 e. The molecule has 2 aliphatic rings. The summed E-state index contributed by atoms with van der Waals surface area (Å²) in [5.74, 6) is 0.577. The van der Waals surface area contributed by atoms with E-state index in [2.05, 4.69) is 37.9 Å². The van der Waals surface area contributed by atoms with Crippen LogP contribution in [0.4, 0.5) is 22.0 Å². The van der Waals surface area contributed by atoms with Crippen molar-refractivity contribution in [2.45, 2.75) is 32.8 Å². The van der Waals surface area contributed by atoms with Crippen molar-refractivity contribution < 1.29 is 9.90 Å². The number of aromatic nitrogens is 4. The molecule has 2 aliphatic heterocycles. The fourth-order valence-electron chi connectivity index (χ4n) is 5.02. The molecule has 0 aliphatic carbocycles. The maximum absolute atomic E-state index is 13.1. The number of amides is 2. The van der Waals surface area contributed by atoms with Gasteiger partial charge in [0.1, 0.15) is 5.69 Å². The van der Waals surface area contributed by atoms with Gasteiger partial charge in [-0.3, -0.25) is 14.4 Å². The molecule has 2 amide bonds. The smallest absolute Gasteiger partial charge is 0.322 e. The lowest BCUT2D eigenvalue weighted by Crippen LogP contribution is -2.30. The predicted molar refractivity (Wildman–Crippen MR) is 143 cm³/mol. The van der Waals surface area contributed by atoms with E-state index in [9.17, 15) is 14.7 Å². The Morgan fingerprint density at radius 1 is 1.03 bits per heavy atom. The first-order valence-corrected chi connectivity index (χ1v) is 12.5. The molecule has 0 fully saturated rings. The molecule has 2 aromatic heterocycles. The highest BCUT2D eigenvalue weighted by Gasteiger charge is 2.24. The van der Waals surface area contributed by atoms with E-state index in [-0.39, 0.29) is 23.9 Å². The molecule has 6 rings (SSSR count). The third-order valence-electron chi connectivity index (χ3n) is 7.03. The Balaban J connectivity index is 1.25. The number of nitrogens with one attached hydrogen (secondary N) is 3. The molecule has 0 radical (unpaired) electrons. The summed E-state index contributed by atoms with van der Waals surface area (Å²) in [5.41, 5.74) is 5.25. The number of carbonyl (C=O) groups is 1. The van der Waals surface area contributed by atoms with Gasteiger partial charge in [0.15, 0.2) is 5.82 Å². The molecular formula is C27H28N8O3. The molecule has 0 spiro atoms.